The number of aromatic amines is 1. The Morgan fingerprint density at radius 1 is 1.21 bits per heavy atom. The van der Waals surface area contributed by atoms with E-state index in [1.807, 2.05) is 12.1 Å². The van der Waals surface area contributed by atoms with Crippen molar-refractivity contribution in [1.29, 1.82) is 15.8 Å². The van der Waals surface area contributed by atoms with Crippen LogP contribution in [-0.2, 0) is 0 Å². The SMILES string of the molecule is COc1ccc(-c2c(C#N)c(N)[nH]c(=O)c2C#N)c(OCC#N)c1. The number of anilines is 1. The van der Waals surface area contributed by atoms with E-state index in [0.29, 0.717) is 5.75 Å². The Labute approximate surface area is 136 Å². The number of nitrogens with one attached hydrogen (secondary N) is 1. The number of methoxy groups -OCH3 is 1. The van der Waals surface area contributed by atoms with Crippen molar-refractivity contribution in [2.75, 3.05) is 19.5 Å². The Kier molecular flexibility index (Phi) is 4.70. The molecule has 0 saturated carbocycles. The fraction of sp³-hybridized carbons (Fsp3) is 0.125. The van der Waals surface area contributed by atoms with E-state index in [4.69, 9.17) is 20.5 Å². The molecule has 1 aromatic heterocycles. The number of hydrogen-bond donors (Lipinski definition) is 2. The van der Waals surface area contributed by atoms with E-state index in [0.717, 1.165) is 0 Å². The number of rotatable bonds is 4. The van der Waals surface area contributed by atoms with E-state index in [-0.39, 0.29) is 40.4 Å². The summed E-state index contributed by atoms with van der Waals surface area (Å²) in [4.78, 5) is 14.3. The molecule has 1 aromatic carbocycles. The minimum atomic E-state index is -0.717. The van der Waals surface area contributed by atoms with Crippen LogP contribution in [-0.4, -0.2) is 18.7 Å². The first kappa shape index (κ1) is 16.4. The lowest BCUT2D eigenvalue weighted by Gasteiger charge is -2.14. The molecule has 0 aliphatic rings. The van der Waals surface area contributed by atoms with E-state index in [1.165, 1.54) is 19.2 Å². The van der Waals surface area contributed by atoms with Gasteiger partial charge in [0.1, 0.15) is 46.7 Å². The fourth-order valence-electron chi connectivity index (χ4n) is 2.18. The second-order valence-electron chi connectivity index (χ2n) is 4.53. The Morgan fingerprint density at radius 3 is 2.50 bits per heavy atom. The van der Waals surface area contributed by atoms with E-state index < -0.39 is 5.56 Å². The molecule has 2 aromatic rings. The summed E-state index contributed by atoms with van der Waals surface area (Å²) in [6, 6.07) is 10.1. The van der Waals surface area contributed by atoms with Crippen molar-refractivity contribution in [3.8, 4) is 40.8 Å². The first-order chi connectivity index (χ1) is 11.6. The summed E-state index contributed by atoms with van der Waals surface area (Å²) in [5.74, 6) is 0.481. The molecule has 0 bridgehead atoms. The molecule has 1 heterocycles. The molecule has 0 fully saturated rings. The summed E-state index contributed by atoms with van der Waals surface area (Å²) in [5.41, 5.74) is 4.99. The van der Waals surface area contributed by atoms with Gasteiger partial charge in [-0.1, -0.05) is 0 Å². The molecule has 0 aliphatic carbocycles. The average molecular weight is 321 g/mol. The number of nitrogens with two attached hydrogens (primary N) is 1. The lowest BCUT2D eigenvalue weighted by molar-refractivity contribution is 0.363. The summed E-state index contributed by atoms with van der Waals surface area (Å²) in [6.45, 7) is -0.261. The van der Waals surface area contributed by atoms with Crippen LogP contribution in [0.3, 0.4) is 0 Å². The minimum absolute atomic E-state index is 0.0526. The summed E-state index contributed by atoms with van der Waals surface area (Å²) in [5, 5.41) is 27.4. The third-order valence-corrected chi connectivity index (χ3v) is 3.22. The summed E-state index contributed by atoms with van der Waals surface area (Å²) in [7, 11) is 1.45. The van der Waals surface area contributed by atoms with Crippen molar-refractivity contribution in [2.24, 2.45) is 0 Å². The zero-order chi connectivity index (χ0) is 17.7. The monoisotopic (exact) mass is 321 g/mol. The lowest BCUT2D eigenvalue weighted by atomic mass is 9.95. The Balaban J connectivity index is 2.87. The number of aromatic nitrogens is 1. The van der Waals surface area contributed by atoms with Crippen molar-refractivity contribution < 1.29 is 9.47 Å². The second kappa shape index (κ2) is 6.87. The van der Waals surface area contributed by atoms with Crippen LogP contribution in [0.5, 0.6) is 11.5 Å². The van der Waals surface area contributed by atoms with Crippen molar-refractivity contribution in [3.05, 3.63) is 39.7 Å². The molecule has 0 amide bonds. The number of nitrogens with zero attached hydrogens (tertiary/aromatic N) is 3. The van der Waals surface area contributed by atoms with Crippen molar-refractivity contribution in [3.63, 3.8) is 0 Å². The normalized spacial score (nSPS) is 9.42. The Hall–Kier alpha value is -3.96. The van der Waals surface area contributed by atoms with Crippen LogP contribution in [0.2, 0.25) is 0 Å². The van der Waals surface area contributed by atoms with Gasteiger partial charge in [0.15, 0.2) is 6.61 Å². The smallest absolute Gasteiger partial charge is 0.268 e. The van der Waals surface area contributed by atoms with Crippen LogP contribution in [0.25, 0.3) is 11.1 Å². The van der Waals surface area contributed by atoms with Crippen molar-refractivity contribution in [1.82, 2.24) is 4.98 Å². The molecule has 0 unspecified atom stereocenters. The highest BCUT2D eigenvalue weighted by Gasteiger charge is 2.21. The highest BCUT2D eigenvalue weighted by Crippen LogP contribution is 2.37. The number of hydrogen-bond acceptors (Lipinski definition) is 7. The van der Waals surface area contributed by atoms with Crippen LogP contribution >= 0.6 is 0 Å². The molecule has 118 valence electrons. The Bertz CT molecular complexity index is 973. The topological polar surface area (TPSA) is 149 Å². The molecule has 0 spiro atoms. The van der Waals surface area contributed by atoms with Gasteiger partial charge in [-0.05, 0) is 12.1 Å². The predicted molar refractivity (Wildman–Crippen MR) is 84.0 cm³/mol. The standard InChI is InChI=1S/C16H11N5O3/c1-23-9-2-3-10(13(6-9)24-5-4-17)14-11(7-18)15(20)21-16(22)12(14)8-19/h2-3,6H,5H2,1H3,(H3,20,21,22). The second-order valence-corrected chi connectivity index (χ2v) is 4.53. The zero-order valence-electron chi connectivity index (χ0n) is 12.6. The molecule has 0 saturated heterocycles. The van der Waals surface area contributed by atoms with Crippen LogP contribution < -0.4 is 20.8 Å². The summed E-state index contributed by atoms with van der Waals surface area (Å²) < 4.78 is 10.4. The van der Waals surface area contributed by atoms with Crippen molar-refractivity contribution in [2.45, 2.75) is 0 Å². The van der Waals surface area contributed by atoms with Gasteiger partial charge in [0.25, 0.3) is 5.56 Å². The highest BCUT2D eigenvalue weighted by molar-refractivity contribution is 5.83. The molecule has 0 atom stereocenters. The molecular weight excluding hydrogens is 310 g/mol. The van der Waals surface area contributed by atoms with E-state index in [9.17, 15) is 15.3 Å². The first-order valence-corrected chi connectivity index (χ1v) is 6.61. The number of pyridine rings is 1. The van der Waals surface area contributed by atoms with Gasteiger partial charge in [0, 0.05) is 17.2 Å². The van der Waals surface area contributed by atoms with E-state index in [1.54, 1.807) is 12.1 Å². The summed E-state index contributed by atoms with van der Waals surface area (Å²) in [6.07, 6.45) is 0. The quantitative estimate of drug-likeness (QED) is 0.861. The van der Waals surface area contributed by atoms with E-state index >= 15 is 0 Å². The van der Waals surface area contributed by atoms with Crippen LogP contribution in [0, 0.1) is 34.0 Å². The predicted octanol–water partition coefficient (Wildman–Crippen LogP) is 1.28. The van der Waals surface area contributed by atoms with Gasteiger partial charge in [-0.25, -0.2) is 0 Å². The molecule has 8 nitrogen and oxygen atoms in total. The Morgan fingerprint density at radius 2 is 1.92 bits per heavy atom. The number of nitrogen functional groups attached to an aromatic ring is 1. The van der Waals surface area contributed by atoms with Crippen LogP contribution in [0.4, 0.5) is 5.82 Å². The molecule has 2 rings (SSSR count). The van der Waals surface area contributed by atoms with Crippen LogP contribution in [0.15, 0.2) is 23.0 Å². The molecule has 8 heteroatoms. The number of ether oxygens (including phenoxy) is 2. The maximum absolute atomic E-state index is 12.0. The molecule has 3 N–H and O–H groups in total. The molecule has 24 heavy (non-hydrogen) atoms. The maximum Gasteiger partial charge on any atom is 0.268 e. The van der Waals surface area contributed by atoms with Gasteiger partial charge < -0.3 is 20.2 Å². The zero-order valence-corrected chi connectivity index (χ0v) is 12.6. The highest BCUT2D eigenvalue weighted by atomic mass is 16.5. The maximum atomic E-state index is 12.0. The van der Waals surface area contributed by atoms with E-state index in [2.05, 4.69) is 4.98 Å². The number of nitriles is 3. The third kappa shape index (κ3) is 2.83. The van der Waals surface area contributed by atoms with Crippen molar-refractivity contribution >= 4 is 5.82 Å². The number of benzene rings is 1. The molecule has 0 radical (unpaired) electrons. The molecule has 0 aliphatic heterocycles. The average Bonchev–Trinajstić information content (AvgIpc) is 2.59. The first-order valence-electron chi connectivity index (χ1n) is 6.61. The lowest BCUT2D eigenvalue weighted by Crippen LogP contribution is -2.16. The number of H-pyrrole nitrogens is 1. The van der Waals surface area contributed by atoms with Gasteiger partial charge >= 0.3 is 0 Å². The largest absolute Gasteiger partial charge is 0.497 e. The summed E-state index contributed by atoms with van der Waals surface area (Å²) >= 11 is 0. The van der Waals surface area contributed by atoms with Gasteiger partial charge in [-0.15, -0.1) is 0 Å². The van der Waals surface area contributed by atoms with Gasteiger partial charge in [-0.3, -0.25) is 4.79 Å². The van der Waals surface area contributed by atoms with Gasteiger partial charge in [0.05, 0.1) is 7.11 Å². The fourth-order valence-corrected chi connectivity index (χ4v) is 2.18. The van der Waals surface area contributed by atoms with Crippen LogP contribution in [0.1, 0.15) is 11.1 Å². The minimum Gasteiger partial charge on any atom is -0.497 e. The van der Waals surface area contributed by atoms with Gasteiger partial charge in [-0.2, -0.15) is 15.8 Å². The van der Waals surface area contributed by atoms with Gasteiger partial charge in [0.2, 0.25) is 0 Å². The third-order valence-electron chi connectivity index (χ3n) is 3.22. The molecular formula is C16H11N5O3.